The molecule has 0 spiro atoms. The van der Waals surface area contributed by atoms with Crippen LogP contribution in [0.3, 0.4) is 0 Å². The van der Waals surface area contributed by atoms with Crippen LogP contribution in [0.5, 0.6) is 0 Å². The van der Waals surface area contributed by atoms with Crippen LogP contribution < -0.4 is 0 Å². The van der Waals surface area contributed by atoms with Crippen LogP contribution in [-0.4, -0.2) is 37.4 Å². The van der Waals surface area contributed by atoms with Gasteiger partial charge in [-0.3, -0.25) is 0 Å². The van der Waals surface area contributed by atoms with Gasteiger partial charge >= 0.3 is 11.9 Å². The van der Waals surface area contributed by atoms with Gasteiger partial charge in [-0.05, 0) is 38.5 Å². The number of hydrogen-bond donors (Lipinski definition) is 0. The maximum absolute atomic E-state index is 11.9. The minimum atomic E-state index is -0.785. The Morgan fingerprint density at radius 1 is 0.759 bits per heavy atom. The molecule has 0 saturated carbocycles. The van der Waals surface area contributed by atoms with Gasteiger partial charge in [0.2, 0.25) is 0 Å². The molecule has 0 amide bonds. The molecule has 0 fully saturated rings. The molecular weight excluding hydrogens is 368 g/mol. The van der Waals surface area contributed by atoms with Crippen molar-refractivity contribution in [2.75, 3.05) is 19.8 Å². The average molecular weight is 411 g/mol. The molecule has 0 rings (SSSR count). The summed E-state index contributed by atoms with van der Waals surface area (Å²) in [4.78, 5) is 23.5. The Bertz CT molecular complexity index is 460. The summed E-state index contributed by atoms with van der Waals surface area (Å²) in [5, 5.41) is 0. The molecule has 0 aromatic rings. The fourth-order valence-corrected chi connectivity index (χ4v) is 3.22. The van der Waals surface area contributed by atoms with Crippen molar-refractivity contribution >= 4 is 11.9 Å². The van der Waals surface area contributed by atoms with Crippen LogP contribution >= 0.6 is 0 Å². The topological polar surface area (TPSA) is 61.8 Å². The molecule has 1 unspecified atom stereocenters. The van der Waals surface area contributed by atoms with Gasteiger partial charge in [0.1, 0.15) is 12.2 Å². The van der Waals surface area contributed by atoms with Gasteiger partial charge in [-0.1, -0.05) is 65.5 Å². The van der Waals surface area contributed by atoms with Crippen molar-refractivity contribution in [2.45, 2.75) is 96.5 Å². The van der Waals surface area contributed by atoms with E-state index in [1.165, 1.54) is 18.9 Å². The molecule has 0 aromatic heterocycles. The SMILES string of the molecule is C=CC(=O)OCC(CCCCC)(CCCCCCCCOCCC)OC(=O)C=C. The summed E-state index contributed by atoms with van der Waals surface area (Å²) < 4.78 is 16.5. The number of ether oxygens (including phenoxy) is 3. The van der Waals surface area contributed by atoms with Crippen molar-refractivity contribution in [3.8, 4) is 0 Å². The first-order chi connectivity index (χ1) is 14.0. The van der Waals surface area contributed by atoms with E-state index in [0.717, 1.165) is 70.7 Å². The van der Waals surface area contributed by atoms with E-state index in [1.807, 2.05) is 0 Å². The highest BCUT2D eigenvalue weighted by Gasteiger charge is 2.34. The van der Waals surface area contributed by atoms with Gasteiger partial charge in [0, 0.05) is 25.4 Å². The Hall–Kier alpha value is -1.62. The van der Waals surface area contributed by atoms with Crippen molar-refractivity contribution in [3.05, 3.63) is 25.3 Å². The lowest BCUT2D eigenvalue weighted by Gasteiger charge is -2.33. The van der Waals surface area contributed by atoms with Crippen LogP contribution in [-0.2, 0) is 23.8 Å². The predicted molar refractivity (Wildman–Crippen MR) is 118 cm³/mol. The molecule has 0 aromatic carbocycles. The first kappa shape index (κ1) is 27.4. The molecule has 0 aliphatic heterocycles. The summed E-state index contributed by atoms with van der Waals surface area (Å²) in [7, 11) is 0. The molecule has 5 nitrogen and oxygen atoms in total. The zero-order valence-corrected chi connectivity index (χ0v) is 18.7. The fraction of sp³-hybridized carbons (Fsp3) is 0.750. The molecule has 0 aliphatic carbocycles. The second kappa shape index (κ2) is 18.4. The lowest BCUT2D eigenvalue weighted by atomic mass is 9.90. The Labute approximate surface area is 177 Å². The number of esters is 2. The monoisotopic (exact) mass is 410 g/mol. The maximum atomic E-state index is 11.9. The van der Waals surface area contributed by atoms with Gasteiger partial charge in [0.05, 0.1) is 0 Å². The number of unbranched alkanes of at least 4 members (excludes halogenated alkanes) is 7. The van der Waals surface area contributed by atoms with E-state index in [-0.39, 0.29) is 6.61 Å². The molecular formula is C24H42O5. The second-order valence-electron chi connectivity index (χ2n) is 7.56. The average Bonchev–Trinajstić information content (AvgIpc) is 2.73. The van der Waals surface area contributed by atoms with Crippen molar-refractivity contribution in [3.63, 3.8) is 0 Å². The molecule has 0 aliphatic rings. The highest BCUT2D eigenvalue weighted by atomic mass is 16.6. The predicted octanol–water partition coefficient (Wildman–Crippen LogP) is 5.92. The van der Waals surface area contributed by atoms with Gasteiger partial charge < -0.3 is 14.2 Å². The van der Waals surface area contributed by atoms with Crippen molar-refractivity contribution in [2.24, 2.45) is 0 Å². The first-order valence-corrected chi connectivity index (χ1v) is 11.3. The fourth-order valence-electron chi connectivity index (χ4n) is 3.22. The third kappa shape index (κ3) is 15.0. The molecule has 168 valence electrons. The Morgan fingerprint density at radius 3 is 1.93 bits per heavy atom. The normalized spacial score (nSPS) is 12.8. The second-order valence-corrected chi connectivity index (χ2v) is 7.56. The van der Waals surface area contributed by atoms with Crippen LogP contribution in [0.25, 0.3) is 0 Å². The molecule has 0 heterocycles. The van der Waals surface area contributed by atoms with Crippen molar-refractivity contribution in [1.29, 1.82) is 0 Å². The summed E-state index contributed by atoms with van der Waals surface area (Å²) in [5.74, 6) is -0.965. The van der Waals surface area contributed by atoms with Gasteiger partial charge in [0.15, 0.2) is 0 Å². The van der Waals surface area contributed by atoms with E-state index in [4.69, 9.17) is 14.2 Å². The molecule has 29 heavy (non-hydrogen) atoms. The highest BCUT2D eigenvalue weighted by Crippen LogP contribution is 2.28. The van der Waals surface area contributed by atoms with Gasteiger partial charge in [-0.2, -0.15) is 0 Å². The van der Waals surface area contributed by atoms with Crippen LogP contribution in [0, 0.1) is 0 Å². The number of carbonyl (C=O) groups is 2. The highest BCUT2D eigenvalue weighted by molar-refractivity contribution is 5.82. The van der Waals surface area contributed by atoms with E-state index in [1.54, 1.807) is 0 Å². The van der Waals surface area contributed by atoms with Crippen LogP contribution in [0.2, 0.25) is 0 Å². The van der Waals surface area contributed by atoms with Crippen LogP contribution in [0.15, 0.2) is 25.3 Å². The van der Waals surface area contributed by atoms with E-state index >= 15 is 0 Å². The third-order valence-corrected chi connectivity index (χ3v) is 4.88. The minimum Gasteiger partial charge on any atom is -0.458 e. The van der Waals surface area contributed by atoms with Crippen LogP contribution in [0.1, 0.15) is 90.9 Å². The third-order valence-electron chi connectivity index (χ3n) is 4.88. The molecule has 0 bridgehead atoms. The largest absolute Gasteiger partial charge is 0.458 e. The summed E-state index contributed by atoms with van der Waals surface area (Å²) in [5.41, 5.74) is -0.785. The van der Waals surface area contributed by atoms with E-state index < -0.39 is 17.5 Å². The Balaban J connectivity index is 4.55. The summed E-state index contributed by atoms with van der Waals surface area (Å²) in [6.45, 7) is 12.9. The van der Waals surface area contributed by atoms with Crippen molar-refractivity contribution in [1.82, 2.24) is 0 Å². The Kier molecular flexibility index (Phi) is 17.4. The summed E-state index contributed by atoms with van der Waals surface area (Å²) in [6.07, 6.45) is 14.4. The summed E-state index contributed by atoms with van der Waals surface area (Å²) in [6, 6.07) is 0. The standard InChI is InChI=1S/C24H42O5/c1-5-9-14-17-24(29-23(26)8-4,21-28-22(25)7-3)18-15-12-10-11-13-16-20-27-19-6-2/h7-8H,3-6,9-21H2,1-2H3. The van der Waals surface area contributed by atoms with Crippen LogP contribution in [0.4, 0.5) is 0 Å². The zero-order chi connectivity index (χ0) is 21.8. The molecule has 0 radical (unpaired) electrons. The molecule has 1 atom stereocenters. The van der Waals surface area contributed by atoms with Crippen molar-refractivity contribution < 1.29 is 23.8 Å². The van der Waals surface area contributed by atoms with E-state index in [0.29, 0.717) is 12.8 Å². The first-order valence-electron chi connectivity index (χ1n) is 11.3. The smallest absolute Gasteiger partial charge is 0.330 e. The lowest BCUT2D eigenvalue weighted by Crippen LogP contribution is -2.40. The minimum absolute atomic E-state index is 0.0654. The number of carbonyl (C=O) groups excluding carboxylic acids is 2. The zero-order valence-electron chi connectivity index (χ0n) is 18.7. The maximum Gasteiger partial charge on any atom is 0.330 e. The lowest BCUT2D eigenvalue weighted by molar-refractivity contribution is -0.169. The van der Waals surface area contributed by atoms with Gasteiger partial charge in [-0.25, -0.2) is 9.59 Å². The molecule has 0 saturated heterocycles. The van der Waals surface area contributed by atoms with Gasteiger partial charge in [0.25, 0.3) is 0 Å². The summed E-state index contributed by atoms with van der Waals surface area (Å²) >= 11 is 0. The molecule has 5 heteroatoms. The quantitative estimate of drug-likeness (QED) is 0.142. The van der Waals surface area contributed by atoms with Gasteiger partial charge in [-0.15, -0.1) is 0 Å². The molecule has 0 N–H and O–H groups in total. The van der Waals surface area contributed by atoms with E-state index in [9.17, 15) is 9.59 Å². The van der Waals surface area contributed by atoms with E-state index in [2.05, 4.69) is 27.0 Å². The number of hydrogen-bond acceptors (Lipinski definition) is 5. The Morgan fingerprint density at radius 2 is 1.34 bits per heavy atom. The number of rotatable bonds is 20.